The van der Waals surface area contributed by atoms with Crippen LogP contribution in [0.3, 0.4) is 0 Å². The van der Waals surface area contributed by atoms with E-state index in [9.17, 15) is 4.79 Å². The minimum atomic E-state index is -0.813. The van der Waals surface area contributed by atoms with Gasteiger partial charge in [0.15, 0.2) is 0 Å². The van der Waals surface area contributed by atoms with Crippen LogP contribution in [0.4, 0.5) is 0 Å². The summed E-state index contributed by atoms with van der Waals surface area (Å²) in [5.41, 5.74) is 0. The standard InChI is InChI=1S/C9H16N2O2/c1-8(2)7-11(6-4-10)5-3-9(12)13/h8H,3,5-7H2,1-2H3,(H,12,13). The molecule has 0 amide bonds. The van der Waals surface area contributed by atoms with Crippen LogP contribution in [0.1, 0.15) is 20.3 Å². The van der Waals surface area contributed by atoms with Crippen LogP contribution in [-0.2, 0) is 4.79 Å². The maximum Gasteiger partial charge on any atom is 0.304 e. The number of nitrogens with zero attached hydrogens (tertiary/aromatic N) is 2. The van der Waals surface area contributed by atoms with Crippen LogP contribution in [0.5, 0.6) is 0 Å². The lowest BCUT2D eigenvalue weighted by molar-refractivity contribution is -0.137. The van der Waals surface area contributed by atoms with Crippen molar-refractivity contribution in [2.75, 3.05) is 19.6 Å². The van der Waals surface area contributed by atoms with Crippen molar-refractivity contribution in [1.29, 1.82) is 5.26 Å². The predicted octanol–water partition coefficient (Wildman–Crippen LogP) is 0.943. The fraction of sp³-hybridized carbons (Fsp3) is 0.778. The van der Waals surface area contributed by atoms with Crippen LogP contribution in [0.25, 0.3) is 0 Å². The normalized spacial score (nSPS) is 10.4. The number of nitriles is 1. The first-order chi connectivity index (χ1) is 6.06. The van der Waals surface area contributed by atoms with Gasteiger partial charge in [-0.15, -0.1) is 0 Å². The average Bonchev–Trinajstić information content (AvgIpc) is 1.99. The summed E-state index contributed by atoms with van der Waals surface area (Å²) in [7, 11) is 0. The van der Waals surface area contributed by atoms with Crippen LogP contribution in [0.2, 0.25) is 0 Å². The molecule has 0 spiro atoms. The third-order valence-electron chi connectivity index (χ3n) is 1.56. The first kappa shape index (κ1) is 11.9. The van der Waals surface area contributed by atoms with Crippen LogP contribution < -0.4 is 0 Å². The highest BCUT2D eigenvalue weighted by atomic mass is 16.4. The molecule has 0 aliphatic rings. The Bertz CT molecular complexity index is 196. The minimum Gasteiger partial charge on any atom is -0.481 e. The molecule has 0 unspecified atom stereocenters. The third-order valence-corrected chi connectivity index (χ3v) is 1.56. The van der Waals surface area contributed by atoms with Crippen LogP contribution in [0, 0.1) is 17.2 Å². The van der Waals surface area contributed by atoms with Gasteiger partial charge in [-0.25, -0.2) is 0 Å². The van der Waals surface area contributed by atoms with Crippen LogP contribution in [-0.4, -0.2) is 35.6 Å². The summed E-state index contributed by atoms with van der Waals surface area (Å²) in [6, 6.07) is 2.03. The monoisotopic (exact) mass is 184 g/mol. The molecule has 0 heterocycles. The SMILES string of the molecule is CC(C)CN(CC#N)CCC(=O)O. The molecule has 4 nitrogen and oxygen atoms in total. The summed E-state index contributed by atoms with van der Waals surface area (Å²) in [5, 5.41) is 16.9. The number of carboxylic acids is 1. The molecule has 0 aliphatic carbocycles. The Balaban J connectivity index is 3.81. The zero-order valence-corrected chi connectivity index (χ0v) is 8.16. The fourth-order valence-corrected chi connectivity index (χ4v) is 1.11. The molecule has 0 rings (SSSR count). The Labute approximate surface area is 78.8 Å². The van der Waals surface area contributed by atoms with Gasteiger partial charge in [0.05, 0.1) is 19.0 Å². The average molecular weight is 184 g/mol. The Hall–Kier alpha value is -1.08. The summed E-state index contributed by atoms with van der Waals surface area (Å²) >= 11 is 0. The highest BCUT2D eigenvalue weighted by Crippen LogP contribution is 1.99. The molecule has 0 atom stereocenters. The van der Waals surface area contributed by atoms with Crippen molar-refractivity contribution >= 4 is 5.97 Å². The topological polar surface area (TPSA) is 64.3 Å². The van der Waals surface area contributed by atoms with Crippen molar-refractivity contribution in [1.82, 2.24) is 4.90 Å². The Kier molecular flexibility index (Phi) is 5.90. The molecular weight excluding hydrogens is 168 g/mol. The van der Waals surface area contributed by atoms with E-state index in [1.54, 1.807) is 0 Å². The van der Waals surface area contributed by atoms with E-state index in [0.29, 0.717) is 19.0 Å². The van der Waals surface area contributed by atoms with E-state index in [2.05, 4.69) is 0 Å². The van der Waals surface area contributed by atoms with Gasteiger partial charge in [0.2, 0.25) is 0 Å². The van der Waals surface area contributed by atoms with Gasteiger partial charge < -0.3 is 5.11 Å². The molecule has 4 heteroatoms. The lowest BCUT2D eigenvalue weighted by atomic mass is 10.2. The number of rotatable bonds is 6. The predicted molar refractivity (Wildman–Crippen MR) is 49.1 cm³/mol. The molecule has 0 saturated heterocycles. The summed E-state index contributed by atoms with van der Waals surface area (Å²) in [6.07, 6.45) is 0.106. The van der Waals surface area contributed by atoms with Gasteiger partial charge >= 0.3 is 5.97 Å². The smallest absolute Gasteiger partial charge is 0.304 e. The van der Waals surface area contributed by atoms with Gasteiger partial charge in [-0.2, -0.15) is 5.26 Å². The Morgan fingerprint density at radius 3 is 2.62 bits per heavy atom. The molecule has 74 valence electrons. The number of aliphatic carboxylic acids is 1. The van der Waals surface area contributed by atoms with Gasteiger partial charge in [-0.05, 0) is 5.92 Å². The fourth-order valence-electron chi connectivity index (χ4n) is 1.11. The quantitative estimate of drug-likeness (QED) is 0.624. The number of carbonyl (C=O) groups is 1. The van der Waals surface area contributed by atoms with E-state index in [1.165, 1.54) is 0 Å². The summed E-state index contributed by atoms with van der Waals surface area (Å²) in [5.74, 6) is -0.353. The van der Waals surface area contributed by atoms with Gasteiger partial charge in [0.25, 0.3) is 0 Å². The zero-order chi connectivity index (χ0) is 10.3. The van der Waals surface area contributed by atoms with E-state index in [0.717, 1.165) is 6.54 Å². The van der Waals surface area contributed by atoms with Gasteiger partial charge in [0, 0.05) is 13.1 Å². The van der Waals surface area contributed by atoms with E-state index in [4.69, 9.17) is 10.4 Å². The Morgan fingerprint density at radius 1 is 1.62 bits per heavy atom. The summed E-state index contributed by atoms with van der Waals surface area (Å²) in [4.78, 5) is 12.1. The number of hydrogen-bond acceptors (Lipinski definition) is 3. The van der Waals surface area contributed by atoms with Crippen molar-refractivity contribution in [3.63, 3.8) is 0 Å². The summed E-state index contributed by atoms with van der Waals surface area (Å²) < 4.78 is 0. The molecule has 0 fully saturated rings. The van der Waals surface area contributed by atoms with Gasteiger partial charge in [-0.1, -0.05) is 13.8 Å². The molecule has 0 bridgehead atoms. The molecular formula is C9H16N2O2. The first-order valence-electron chi connectivity index (χ1n) is 4.37. The van der Waals surface area contributed by atoms with Crippen molar-refractivity contribution in [3.05, 3.63) is 0 Å². The van der Waals surface area contributed by atoms with E-state index in [-0.39, 0.29) is 6.42 Å². The maximum absolute atomic E-state index is 10.3. The molecule has 13 heavy (non-hydrogen) atoms. The molecule has 0 saturated carbocycles. The highest BCUT2D eigenvalue weighted by Gasteiger charge is 2.08. The highest BCUT2D eigenvalue weighted by molar-refractivity contribution is 5.66. The lowest BCUT2D eigenvalue weighted by Crippen LogP contribution is -2.30. The largest absolute Gasteiger partial charge is 0.481 e. The Morgan fingerprint density at radius 2 is 2.23 bits per heavy atom. The molecule has 0 aromatic rings. The second-order valence-corrected chi connectivity index (χ2v) is 3.43. The van der Waals surface area contributed by atoms with Crippen molar-refractivity contribution < 1.29 is 9.90 Å². The van der Waals surface area contributed by atoms with E-state index in [1.807, 2.05) is 24.8 Å². The van der Waals surface area contributed by atoms with Crippen molar-refractivity contribution in [2.45, 2.75) is 20.3 Å². The van der Waals surface area contributed by atoms with Gasteiger partial charge in [0.1, 0.15) is 0 Å². The van der Waals surface area contributed by atoms with Gasteiger partial charge in [-0.3, -0.25) is 9.69 Å². The molecule has 0 aliphatic heterocycles. The lowest BCUT2D eigenvalue weighted by Gasteiger charge is -2.19. The van der Waals surface area contributed by atoms with Crippen LogP contribution >= 0.6 is 0 Å². The van der Waals surface area contributed by atoms with Crippen molar-refractivity contribution in [3.8, 4) is 6.07 Å². The van der Waals surface area contributed by atoms with E-state index >= 15 is 0 Å². The third kappa shape index (κ3) is 7.29. The molecule has 0 radical (unpaired) electrons. The second kappa shape index (κ2) is 6.44. The zero-order valence-electron chi connectivity index (χ0n) is 8.16. The van der Waals surface area contributed by atoms with Crippen molar-refractivity contribution in [2.24, 2.45) is 5.92 Å². The molecule has 0 aromatic heterocycles. The number of carboxylic acid groups (broad SMARTS) is 1. The second-order valence-electron chi connectivity index (χ2n) is 3.43. The minimum absolute atomic E-state index is 0.106. The maximum atomic E-state index is 10.3. The molecule has 1 N–H and O–H groups in total. The first-order valence-corrected chi connectivity index (χ1v) is 4.37. The molecule has 0 aromatic carbocycles. The number of hydrogen-bond donors (Lipinski definition) is 1. The summed E-state index contributed by atoms with van der Waals surface area (Å²) in [6.45, 7) is 5.64. The van der Waals surface area contributed by atoms with Crippen LogP contribution in [0.15, 0.2) is 0 Å². The van der Waals surface area contributed by atoms with E-state index < -0.39 is 5.97 Å².